The van der Waals surface area contributed by atoms with Crippen molar-refractivity contribution >= 4 is 12.0 Å². The first-order chi connectivity index (χ1) is 8.68. The molecule has 2 amide bonds. The quantitative estimate of drug-likeness (QED) is 0.733. The molecule has 1 aliphatic carbocycles. The summed E-state index contributed by atoms with van der Waals surface area (Å²) in [5, 5.41) is 12.0. The van der Waals surface area contributed by atoms with E-state index in [1.54, 1.807) is 4.90 Å². The van der Waals surface area contributed by atoms with Crippen molar-refractivity contribution in [1.29, 1.82) is 0 Å². The standard InChI is InChI=1S/C13H20N2O3/c16-12(17)10-6-2-3-7-11(10)14-13(18)15-8-4-1-5-9-15/h1,4,10-11H,2-3,5-9H2,(H,14,18)(H,16,17). The molecule has 18 heavy (non-hydrogen) atoms. The van der Waals surface area contributed by atoms with Crippen LogP contribution in [0.5, 0.6) is 0 Å². The van der Waals surface area contributed by atoms with Gasteiger partial charge in [-0.1, -0.05) is 25.0 Å². The number of hydrogen-bond acceptors (Lipinski definition) is 2. The Morgan fingerprint density at radius 1 is 1.22 bits per heavy atom. The van der Waals surface area contributed by atoms with Crippen molar-refractivity contribution in [3.63, 3.8) is 0 Å². The van der Waals surface area contributed by atoms with E-state index in [4.69, 9.17) is 5.11 Å². The Kier molecular flexibility index (Phi) is 4.23. The summed E-state index contributed by atoms with van der Waals surface area (Å²) in [5.74, 6) is -1.22. The zero-order valence-electron chi connectivity index (χ0n) is 10.5. The second-order valence-electron chi connectivity index (χ2n) is 4.99. The molecule has 0 bridgehead atoms. The summed E-state index contributed by atoms with van der Waals surface area (Å²) >= 11 is 0. The second kappa shape index (κ2) is 5.89. The lowest BCUT2D eigenvalue weighted by molar-refractivity contribution is -0.143. The van der Waals surface area contributed by atoms with Crippen LogP contribution in [-0.2, 0) is 4.79 Å². The molecule has 0 radical (unpaired) electrons. The zero-order chi connectivity index (χ0) is 13.0. The molecule has 5 nitrogen and oxygen atoms in total. The molecule has 5 heteroatoms. The van der Waals surface area contributed by atoms with E-state index in [1.807, 2.05) is 6.08 Å². The van der Waals surface area contributed by atoms with Crippen molar-refractivity contribution in [3.05, 3.63) is 12.2 Å². The highest BCUT2D eigenvalue weighted by Gasteiger charge is 2.32. The third-order valence-electron chi connectivity index (χ3n) is 3.74. The second-order valence-corrected chi connectivity index (χ2v) is 4.99. The monoisotopic (exact) mass is 252 g/mol. The lowest BCUT2D eigenvalue weighted by Crippen LogP contribution is -2.50. The van der Waals surface area contributed by atoms with Crippen LogP contribution < -0.4 is 5.32 Å². The lowest BCUT2D eigenvalue weighted by atomic mass is 9.84. The first-order valence-electron chi connectivity index (χ1n) is 6.61. The fraction of sp³-hybridized carbons (Fsp3) is 0.692. The van der Waals surface area contributed by atoms with Crippen LogP contribution >= 0.6 is 0 Å². The molecule has 0 aromatic carbocycles. The number of hydrogen-bond donors (Lipinski definition) is 2. The van der Waals surface area contributed by atoms with E-state index < -0.39 is 11.9 Å². The number of nitrogens with zero attached hydrogens (tertiary/aromatic N) is 1. The van der Waals surface area contributed by atoms with Gasteiger partial charge in [-0.2, -0.15) is 0 Å². The topological polar surface area (TPSA) is 69.6 Å². The molecule has 0 saturated heterocycles. The van der Waals surface area contributed by atoms with Crippen LogP contribution in [-0.4, -0.2) is 41.1 Å². The minimum Gasteiger partial charge on any atom is -0.481 e. The fourth-order valence-electron chi connectivity index (χ4n) is 2.67. The number of carbonyl (C=O) groups excluding carboxylic acids is 1. The third kappa shape index (κ3) is 3.03. The van der Waals surface area contributed by atoms with Gasteiger partial charge in [0.2, 0.25) is 0 Å². The maximum absolute atomic E-state index is 12.0. The average Bonchev–Trinajstić information content (AvgIpc) is 2.40. The van der Waals surface area contributed by atoms with Gasteiger partial charge in [0.15, 0.2) is 0 Å². The van der Waals surface area contributed by atoms with Crippen LogP contribution in [0.25, 0.3) is 0 Å². The number of urea groups is 1. The van der Waals surface area contributed by atoms with Crippen molar-refractivity contribution < 1.29 is 14.7 Å². The summed E-state index contributed by atoms with van der Waals surface area (Å²) in [7, 11) is 0. The molecule has 1 fully saturated rings. The van der Waals surface area contributed by atoms with Gasteiger partial charge in [0.1, 0.15) is 0 Å². The van der Waals surface area contributed by atoms with Crippen LogP contribution in [0.4, 0.5) is 4.79 Å². The van der Waals surface area contributed by atoms with Crippen LogP contribution in [0, 0.1) is 5.92 Å². The van der Waals surface area contributed by atoms with Crippen LogP contribution in [0.1, 0.15) is 32.1 Å². The van der Waals surface area contributed by atoms with Gasteiger partial charge < -0.3 is 15.3 Å². The molecule has 1 saturated carbocycles. The van der Waals surface area contributed by atoms with Gasteiger partial charge in [-0.05, 0) is 19.3 Å². The molecule has 2 aliphatic rings. The number of carboxylic acids is 1. The van der Waals surface area contributed by atoms with Crippen molar-refractivity contribution in [3.8, 4) is 0 Å². The Labute approximate surface area is 107 Å². The highest BCUT2D eigenvalue weighted by molar-refractivity contribution is 5.77. The van der Waals surface area contributed by atoms with Gasteiger partial charge in [0, 0.05) is 19.1 Å². The summed E-state index contributed by atoms with van der Waals surface area (Å²) in [6.45, 7) is 1.34. The molecule has 2 atom stereocenters. The number of amides is 2. The van der Waals surface area contributed by atoms with Gasteiger partial charge in [0.25, 0.3) is 0 Å². The maximum Gasteiger partial charge on any atom is 0.317 e. The van der Waals surface area contributed by atoms with E-state index in [2.05, 4.69) is 11.4 Å². The van der Waals surface area contributed by atoms with Gasteiger partial charge in [0.05, 0.1) is 5.92 Å². The Morgan fingerprint density at radius 3 is 2.67 bits per heavy atom. The Hall–Kier alpha value is -1.52. The summed E-state index contributed by atoms with van der Waals surface area (Å²) < 4.78 is 0. The normalized spacial score (nSPS) is 27.9. The predicted molar refractivity (Wildman–Crippen MR) is 67.2 cm³/mol. The Morgan fingerprint density at radius 2 is 2.00 bits per heavy atom. The number of aliphatic carboxylic acids is 1. The van der Waals surface area contributed by atoms with E-state index in [-0.39, 0.29) is 12.1 Å². The Balaban J connectivity index is 1.92. The van der Waals surface area contributed by atoms with Crippen molar-refractivity contribution in [2.45, 2.75) is 38.1 Å². The number of nitrogens with one attached hydrogen (secondary N) is 1. The first kappa shape index (κ1) is 12.9. The van der Waals surface area contributed by atoms with E-state index in [1.165, 1.54) is 0 Å². The van der Waals surface area contributed by atoms with Crippen molar-refractivity contribution in [1.82, 2.24) is 10.2 Å². The van der Waals surface area contributed by atoms with E-state index in [0.717, 1.165) is 25.7 Å². The van der Waals surface area contributed by atoms with Crippen LogP contribution in [0.2, 0.25) is 0 Å². The SMILES string of the molecule is O=C(O)C1CCCCC1NC(=O)N1CC=CCC1. The van der Waals surface area contributed by atoms with Crippen LogP contribution in [0.3, 0.4) is 0 Å². The summed E-state index contributed by atoms with van der Waals surface area (Å²) in [6.07, 6.45) is 8.28. The first-order valence-corrected chi connectivity index (χ1v) is 6.61. The summed E-state index contributed by atoms with van der Waals surface area (Å²) in [5.41, 5.74) is 0. The van der Waals surface area contributed by atoms with E-state index in [9.17, 15) is 9.59 Å². The smallest absolute Gasteiger partial charge is 0.317 e. The molecule has 100 valence electrons. The molecule has 0 aromatic rings. The summed E-state index contributed by atoms with van der Waals surface area (Å²) in [4.78, 5) is 24.9. The molecule has 1 aliphatic heterocycles. The van der Waals surface area contributed by atoms with Crippen molar-refractivity contribution in [2.75, 3.05) is 13.1 Å². The molecule has 0 aromatic heterocycles. The van der Waals surface area contributed by atoms with Gasteiger partial charge in [-0.3, -0.25) is 4.79 Å². The largest absolute Gasteiger partial charge is 0.481 e. The number of carbonyl (C=O) groups is 2. The minimum atomic E-state index is -0.793. The lowest BCUT2D eigenvalue weighted by Gasteiger charge is -2.32. The average molecular weight is 252 g/mol. The third-order valence-corrected chi connectivity index (χ3v) is 3.74. The molecular formula is C13H20N2O3. The molecule has 2 N–H and O–H groups in total. The highest BCUT2D eigenvalue weighted by Crippen LogP contribution is 2.24. The van der Waals surface area contributed by atoms with E-state index in [0.29, 0.717) is 19.5 Å². The van der Waals surface area contributed by atoms with E-state index >= 15 is 0 Å². The van der Waals surface area contributed by atoms with Gasteiger partial charge in [-0.15, -0.1) is 0 Å². The number of carboxylic acid groups (broad SMARTS) is 1. The summed E-state index contributed by atoms with van der Waals surface area (Å²) in [6, 6.07) is -0.341. The molecule has 0 spiro atoms. The molecule has 1 heterocycles. The van der Waals surface area contributed by atoms with Crippen molar-refractivity contribution in [2.24, 2.45) is 5.92 Å². The molecular weight excluding hydrogens is 232 g/mol. The van der Waals surface area contributed by atoms with Crippen LogP contribution in [0.15, 0.2) is 12.2 Å². The number of rotatable bonds is 2. The fourth-order valence-corrected chi connectivity index (χ4v) is 2.67. The van der Waals surface area contributed by atoms with Gasteiger partial charge >= 0.3 is 12.0 Å². The minimum absolute atomic E-state index is 0.127. The maximum atomic E-state index is 12.0. The zero-order valence-corrected chi connectivity index (χ0v) is 10.5. The highest BCUT2D eigenvalue weighted by atomic mass is 16.4. The molecule has 2 unspecified atom stereocenters. The Bertz CT molecular complexity index is 354. The van der Waals surface area contributed by atoms with Gasteiger partial charge in [-0.25, -0.2) is 4.79 Å². The predicted octanol–water partition coefficient (Wildman–Crippen LogP) is 1.60. The molecule has 2 rings (SSSR count).